The van der Waals surface area contributed by atoms with Crippen LogP contribution in [0.4, 0.5) is 11.4 Å². The van der Waals surface area contributed by atoms with Crippen LogP contribution in [0.1, 0.15) is 52.1 Å². The molecule has 0 bridgehead atoms. The first-order valence-electron chi connectivity index (χ1n) is 17.9. The Morgan fingerprint density at radius 3 is 1.95 bits per heavy atom. The first kappa shape index (κ1) is 36.6. The van der Waals surface area contributed by atoms with E-state index in [0.29, 0.717) is 34.3 Å². The minimum atomic E-state index is -0.567. The molecule has 0 saturated carbocycles. The number of oxazole rings is 1. The predicted octanol–water partition coefficient (Wildman–Crippen LogP) is 10.5. The minimum absolute atomic E-state index is 0.104. The first-order chi connectivity index (χ1) is 26.8. The maximum absolute atomic E-state index is 13.8. The van der Waals surface area contributed by atoms with Crippen molar-refractivity contribution in [2.75, 3.05) is 10.6 Å². The van der Waals surface area contributed by atoms with Crippen molar-refractivity contribution in [3.05, 3.63) is 186 Å². The van der Waals surface area contributed by atoms with Crippen LogP contribution in [-0.4, -0.2) is 22.7 Å². The molecular formula is C46H38N4O4S. The van der Waals surface area contributed by atoms with Gasteiger partial charge in [-0.3, -0.25) is 14.4 Å². The Hall–Kier alpha value is -6.71. The summed E-state index contributed by atoms with van der Waals surface area (Å²) in [6, 6.07) is 48.5. The number of rotatable bonds is 12. The number of thioether (sulfide) groups is 1. The van der Waals surface area contributed by atoms with Crippen LogP contribution in [0, 0.1) is 0 Å². The SMILES string of the molecule is CC(C)c1ccc(/C=C(\NC(=O)c2ccccc2)C(=O)Nc2ccc(SC(C(=O)Nc3ccc(-c4nc5ccccc5o4)cc3)c3ccccc3)cc2)cc1. The Morgan fingerprint density at radius 2 is 1.27 bits per heavy atom. The van der Waals surface area contributed by atoms with E-state index in [-0.39, 0.29) is 11.6 Å². The number of para-hydroxylation sites is 2. The smallest absolute Gasteiger partial charge is 0.272 e. The second-order valence-corrected chi connectivity index (χ2v) is 14.3. The summed E-state index contributed by atoms with van der Waals surface area (Å²) in [5.74, 6) is -0.175. The Bertz CT molecular complexity index is 2410. The van der Waals surface area contributed by atoms with Gasteiger partial charge in [0.2, 0.25) is 11.8 Å². The van der Waals surface area contributed by atoms with Crippen molar-refractivity contribution in [1.82, 2.24) is 10.3 Å². The molecule has 0 aliphatic rings. The van der Waals surface area contributed by atoms with Gasteiger partial charge in [0.15, 0.2) is 5.58 Å². The van der Waals surface area contributed by atoms with Crippen LogP contribution in [0.3, 0.4) is 0 Å². The maximum Gasteiger partial charge on any atom is 0.272 e. The Balaban J connectivity index is 1.05. The molecule has 0 fully saturated rings. The van der Waals surface area contributed by atoms with E-state index in [1.165, 1.54) is 17.3 Å². The normalized spacial score (nSPS) is 11.9. The van der Waals surface area contributed by atoms with E-state index in [1.807, 2.05) is 121 Å². The molecule has 0 aliphatic carbocycles. The zero-order valence-corrected chi connectivity index (χ0v) is 31.0. The monoisotopic (exact) mass is 742 g/mol. The van der Waals surface area contributed by atoms with Gasteiger partial charge in [0.1, 0.15) is 16.5 Å². The number of hydrogen-bond donors (Lipinski definition) is 3. The number of hydrogen-bond acceptors (Lipinski definition) is 6. The molecule has 1 unspecified atom stereocenters. The van der Waals surface area contributed by atoms with Crippen LogP contribution >= 0.6 is 11.8 Å². The van der Waals surface area contributed by atoms with Crippen LogP contribution < -0.4 is 16.0 Å². The molecule has 7 rings (SSSR count). The summed E-state index contributed by atoms with van der Waals surface area (Å²) in [5, 5.41) is 8.21. The summed E-state index contributed by atoms with van der Waals surface area (Å²) in [4.78, 5) is 46.0. The molecule has 7 aromatic rings. The number of anilines is 2. The Morgan fingerprint density at radius 1 is 0.655 bits per heavy atom. The molecule has 0 saturated heterocycles. The highest BCUT2D eigenvalue weighted by Gasteiger charge is 2.23. The van der Waals surface area contributed by atoms with E-state index in [4.69, 9.17) is 4.42 Å². The highest BCUT2D eigenvalue weighted by Crippen LogP contribution is 2.37. The zero-order chi connectivity index (χ0) is 38.1. The van der Waals surface area contributed by atoms with Crippen LogP contribution in [0.25, 0.3) is 28.6 Å². The van der Waals surface area contributed by atoms with Gasteiger partial charge >= 0.3 is 0 Å². The van der Waals surface area contributed by atoms with Gasteiger partial charge in [-0.05, 0) is 101 Å². The summed E-state index contributed by atoms with van der Waals surface area (Å²) < 4.78 is 5.90. The van der Waals surface area contributed by atoms with Crippen LogP contribution in [-0.2, 0) is 9.59 Å². The number of carbonyl (C=O) groups is 3. The van der Waals surface area contributed by atoms with Crippen LogP contribution in [0.15, 0.2) is 173 Å². The van der Waals surface area contributed by atoms with Gasteiger partial charge in [0.05, 0.1) is 0 Å². The van der Waals surface area contributed by atoms with E-state index < -0.39 is 17.1 Å². The third kappa shape index (κ3) is 9.27. The second kappa shape index (κ2) is 17.0. The van der Waals surface area contributed by atoms with Crippen LogP contribution in [0.5, 0.6) is 0 Å². The predicted molar refractivity (Wildman–Crippen MR) is 221 cm³/mol. The van der Waals surface area contributed by atoms with E-state index >= 15 is 0 Å². The van der Waals surface area contributed by atoms with Crippen molar-refractivity contribution in [1.29, 1.82) is 0 Å². The highest BCUT2D eigenvalue weighted by atomic mass is 32.2. The minimum Gasteiger partial charge on any atom is -0.436 e. The highest BCUT2D eigenvalue weighted by molar-refractivity contribution is 8.00. The third-order valence-electron chi connectivity index (χ3n) is 8.84. The molecule has 6 aromatic carbocycles. The largest absolute Gasteiger partial charge is 0.436 e. The zero-order valence-electron chi connectivity index (χ0n) is 30.2. The van der Waals surface area contributed by atoms with Gasteiger partial charge in [-0.15, -0.1) is 11.8 Å². The summed E-state index contributed by atoms with van der Waals surface area (Å²) in [6.07, 6.45) is 1.66. The molecule has 0 radical (unpaired) electrons. The van der Waals surface area contributed by atoms with Crippen molar-refractivity contribution in [2.45, 2.75) is 29.9 Å². The number of aromatic nitrogens is 1. The Labute approximate surface area is 323 Å². The van der Waals surface area contributed by atoms with Crippen molar-refractivity contribution >= 4 is 58.0 Å². The van der Waals surface area contributed by atoms with Gasteiger partial charge in [-0.1, -0.05) is 98.8 Å². The lowest BCUT2D eigenvalue weighted by Crippen LogP contribution is -2.30. The number of carbonyl (C=O) groups excluding carboxylic acids is 3. The fourth-order valence-corrected chi connectivity index (χ4v) is 6.86. The molecular weight excluding hydrogens is 705 g/mol. The summed E-state index contributed by atoms with van der Waals surface area (Å²) in [7, 11) is 0. The van der Waals surface area contributed by atoms with E-state index in [1.54, 1.807) is 42.5 Å². The lowest BCUT2D eigenvalue weighted by molar-refractivity contribution is -0.116. The molecule has 0 spiro atoms. The van der Waals surface area contributed by atoms with Gasteiger partial charge in [0, 0.05) is 27.4 Å². The maximum atomic E-state index is 13.8. The lowest BCUT2D eigenvalue weighted by atomic mass is 10.0. The third-order valence-corrected chi connectivity index (χ3v) is 10.1. The second-order valence-electron chi connectivity index (χ2n) is 13.1. The molecule has 3 amide bonds. The van der Waals surface area contributed by atoms with Crippen molar-refractivity contribution in [3.63, 3.8) is 0 Å². The van der Waals surface area contributed by atoms with E-state index in [2.05, 4.69) is 34.8 Å². The molecule has 1 aromatic heterocycles. The van der Waals surface area contributed by atoms with Crippen molar-refractivity contribution in [3.8, 4) is 11.5 Å². The number of fused-ring (bicyclic) bond motifs is 1. The first-order valence-corrected chi connectivity index (χ1v) is 18.7. The summed E-state index contributed by atoms with van der Waals surface area (Å²) in [5.41, 5.74) is 6.81. The van der Waals surface area contributed by atoms with Gasteiger partial charge in [-0.25, -0.2) is 4.98 Å². The number of nitrogens with one attached hydrogen (secondary N) is 3. The van der Waals surface area contributed by atoms with Gasteiger partial charge < -0.3 is 20.4 Å². The topological polar surface area (TPSA) is 113 Å². The molecule has 1 heterocycles. The van der Waals surface area contributed by atoms with E-state index in [0.717, 1.165) is 27.1 Å². The molecule has 9 heteroatoms. The lowest BCUT2D eigenvalue weighted by Gasteiger charge is -2.18. The molecule has 272 valence electrons. The average Bonchev–Trinajstić information content (AvgIpc) is 3.66. The number of benzene rings is 6. The molecule has 55 heavy (non-hydrogen) atoms. The van der Waals surface area contributed by atoms with Gasteiger partial charge in [0.25, 0.3) is 11.8 Å². The molecule has 8 nitrogen and oxygen atoms in total. The van der Waals surface area contributed by atoms with Crippen LogP contribution in [0.2, 0.25) is 0 Å². The summed E-state index contributed by atoms with van der Waals surface area (Å²) >= 11 is 1.40. The fourth-order valence-electron chi connectivity index (χ4n) is 5.84. The summed E-state index contributed by atoms with van der Waals surface area (Å²) in [6.45, 7) is 4.24. The molecule has 3 N–H and O–H groups in total. The standard InChI is InChI=1S/C46H38N4O4S/c1-30(2)32-19-17-31(18-20-32)29-40(49-43(51)34-13-7-4-8-14-34)44(52)47-37-25-27-38(28-26-37)55-42(33-11-5-3-6-12-33)45(53)48-36-23-21-35(22-24-36)46-50-39-15-9-10-16-41(39)54-46/h3-30,42H,1-2H3,(H,47,52)(H,48,53)(H,49,51)/b40-29-. The fraction of sp³-hybridized carbons (Fsp3) is 0.0870. The van der Waals surface area contributed by atoms with E-state index in [9.17, 15) is 14.4 Å². The average molecular weight is 743 g/mol. The van der Waals surface area contributed by atoms with Crippen molar-refractivity contribution in [2.24, 2.45) is 0 Å². The van der Waals surface area contributed by atoms with Gasteiger partial charge in [-0.2, -0.15) is 0 Å². The number of nitrogens with zero attached hydrogens (tertiary/aromatic N) is 1. The van der Waals surface area contributed by atoms with Crippen molar-refractivity contribution < 1.29 is 18.8 Å². The quantitative estimate of drug-likeness (QED) is 0.0848. The molecule has 1 atom stereocenters. The number of amides is 3. The molecule has 0 aliphatic heterocycles. The Kier molecular flexibility index (Phi) is 11.3.